The highest BCUT2D eigenvalue weighted by atomic mass is 32.2. The molecule has 0 saturated carbocycles. The van der Waals surface area contributed by atoms with Crippen molar-refractivity contribution < 1.29 is 17.9 Å². The number of sulfonamides is 1. The molecule has 6 nitrogen and oxygen atoms in total. The fraction of sp³-hybridized carbons (Fsp3) is 0.562. The third-order valence-electron chi connectivity index (χ3n) is 4.28. The van der Waals surface area contributed by atoms with Gasteiger partial charge in [0.2, 0.25) is 10.0 Å². The van der Waals surface area contributed by atoms with Crippen molar-refractivity contribution in [1.82, 2.24) is 4.31 Å². The number of nitrogens with zero attached hydrogens (tertiary/aromatic N) is 1. The fourth-order valence-electron chi connectivity index (χ4n) is 3.00. The first kappa shape index (κ1) is 16.4. The van der Waals surface area contributed by atoms with E-state index in [-0.39, 0.29) is 10.8 Å². The van der Waals surface area contributed by atoms with E-state index in [1.807, 2.05) is 0 Å². The molecule has 1 atom stereocenters. The van der Waals surface area contributed by atoms with Crippen LogP contribution in [0.5, 0.6) is 0 Å². The van der Waals surface area contributed by atoms with Crippen molar-refractivity contribution in [2.75, 3.05) is 25.0 Å². The van der Waals surface area contributed by atoms with Crippen molar-refractivity contribution in [2.45, 2.75) is 43.1 Å². The third-order valence-corrected chi connectivity index (χ3v) is 6.17. The van der Waals surface area contributed by atoms with Crippen LogP contribution in [0.15, 0.2) is 29.2 Å². The average molecular weight is 338 g/mol. The molecular formula is C16H22N2O4S. The average Bonchev–Trinajstić information content (AvgIpc) is 3.10. The number of benzene rings is 1. The van der Waals surface area contributed by atoms with Gasteiger partial charge in [0.15, 0.2) is 0 Å². The van der Waals surface area contributed by atoms with Crippen molar-refractivity contribution in [3.63, 3.8) is 0 Å². The second kappa shape index (κ2) is 6.98. The van der Waals surface area contributed by atoms with E-state index in [1.165, 1.54) is 10.4 Å². The Balaban J connectivity index is 1.75. The van der Waals surface area contributed by atoms with Gasteiger partial charge < -0.3 is 10.1 Å². The standard InChI is InChI=1S/C16H22N2O4S/c19-16(15-8-5-11-22-15)17-13-6-4-7-14(12-13)23(20,21)18-9-2-1-3-10-18/h4,6-7,12,15H,1-3,5,8-11H2,(H,17,19)/t15-/m0/s1. The molecule has 7 heteroatoms. The predicted molar refractivity (Wildman–Crippen MR) is 86.7 cm³/mol. The molecule has 23 heavy (non-hydrogen) atoms. The Labute approximate surface area is 136 Å². The van der Waals surface area contributed by atoms with Crippen LogP contribution in [-0.4, -0.2) is 44.4 Å². The van der Waals surface area contributed by atoms with Gasteiger partial charge in [0.1, 0.15) is 6.10 Å². The summed E-state index contributed by atoms with van der Waals surface area (Å²) in [4.78, 5) is 12.3. The topological polar surface area (TPSA) is 75.7 Å². The molecule has 0 radical (unpaired) electrons. The van der Waals surface area contributed by atoms with Gasteiger partial charge in [0.25, 0.3) is 5.91 Å². The molecule has 0 aromatic heterocycles. The lowest BCUT2D eigenvalue weighted by atomic mass is 10.2. The summed E-state index contributed by atoms with van der Waals surface area (Å²) in [6, 6.07) is 6.45. The van der Waals surface area contributed by atoms with Crippen LogP contribution in [0.4, 0.5) is 5.69 Å². The van der Waals surface area contributed by atoms with E-state index in [0.717, 1.165) is 25.7 Å². The molecule has 2 aliphatic rings. The van der Waals surface area contributed by atoms with E-state index in [1.54, 1.807) is 18.2 Å². The van der Waals surface area contributed by atoms with Crippen molar-refractivity contribution in [3.05, 3.63) is 24.3 Å². The van der Waals surface area contributed by atoms with Crippen LogP contribution in [0.25, 0.3) is 0 Å². The molecule has 3 rings (SSSR count). The quantitative estimate of drug-likeness (QED) is 0.911. The van der Waals surface area contributed by atoms with Crippen LogP contribution in [0, 0.1) is 0 Å². The van der Waals surface area contributed by atoms with Gasteiger partial charge in [-0.1, -0.05) is 12.5 Å². The first-order valence-corrected chi connectivity index (χ1v) is 9.54. The van der Waals surface area contributed by atoms with Gasteiger partial charge in [-0.3, -0.25) is 4.79 Å². The molecule has 126 valence electrons. The van der Waals surface area contributed by atoms with Crippen LogP contribution in [-0.2, 0) is 19.6 Å². The SMILES string of the molecule is O=C(Nc1cccc(S(=O)(=O)N2CCCCC2)c1)[C@@H]1CCCO1. The minimum Gasteiger partial charge on any atom is -0.368 e. The summed E-state index contributed by atoms with van der Waals surface area (Å²) in [5.74, 6) is -0.213. The highest BCUT2D eigenvalue weighted by Crippen LogP contribution is 2.23. The second-order valence-electron chi connectivity index (χ2n) is 5.98. The van der Waals surface area contributed by atoms with Crippen LogP contribution in [0.1, 0.15) is 32.1 Å². The molecule has 2 fully saturated rings. The first-order valence-electron chi connectivity index (χ1n) is 8.10. The first-order chi connectivity index (χ1) is 11.1. The van der Waals surface area contributed by atoms with Gasteiger partial charge in [0, 0.05) is 25.4 Å². The zero-order valence-electron chi connectivity index (χ0n) is 13.0. The van der Waals surface area contributed by atoms with Crippen LogP contribution >= 0.6 is 0 Å². The van der Waals surface area contributed by atoms with Crippen molar-refractivity contribution in [2.24, 2.45) is 0 Å². The van der Waals surface area contributed by atoms with Crippen molar-refractivity contribution in [3.8, 4) is 0 Å². The monoisotopic (exact) mass is 338 g/mol. The highest BCUT2D eigenvalue weighted by molar-refractivity contribution is 7.89. The fourth-order valence-corrected chi connectivity index (χ4v) is 4.56. The minimum atomic E-state index is -3.49. The van der Waals surface area contributed by atoms with Gasteiger partial charge >= 0.3 is 0 Å². The molecule has 2 saturated heterocycles. The maximum atomic E-state index is 12.7. The number of hydrogen-bond acceptors (Lipinski definition) is 4. The van der Waals surface area contributed by atoms with E-state index in [9.17, 15) is 13.2 Å². The zero-order valence-corrected chi connectivity index (χ0v) is 13.8. The minimum absolute atomic E-state index is 0.213. The number of carbonyl (C=O) groups is 1. The Morgan fingerprint density at radius 1 is 1.17 bits per heavy atom. The number of piperidine rings is 1. The smallest absolute Gasteiger partial charge is 0.253 e. The number of nitrogens with one attached hydrogen (secondary N) is 1. The molecule has 0 spiro atoms. The Bertz CT molecular complexity index is 662. The van der Waals surface area contributed by atoms with E-state index in [0.29, 0.717) is 31.8 Å². The summed E-state index contributed by atoms with van der Waals surface area (Å²) in [5, 5.41) is 2.75. The zero-order chi connectivity index (χ0) is 16.3. The summed E-state index contributed by atoms with van der Waals surface area (Å²) in [6.45, 7) is 1.73. The van der Waals surface area contributed by atoms with E-state index in [4.69, 9.17) is 4.74 Å². The summed E-state index contributed by atoms with van der Waals surface area (Å²) in [5.41, 5.74) is 0.489. The van der Waals surface area contributed by atoms with Crippen LogP contribution in [0.3, 0.4) is 0 Å². The molecule has 0 unspecified atom stereocenters. The molecule has 0 bridgehead atoms. The van der Waals surface area contributed by atoms with Crippen molar-refractivity contribution >= 4 is 21.6 Å². The number of amides is 1. The number of carbonyl (C=O) groups excluding carboxylic acids is 1. The molecule has 0 aliphatic carbocycles. The molecule has 2 aliphatic heterocycles. The van der Waals surface area contributed by atoms with E-state index >= 15 is 0 Å². The third kappa shape index (κ3) is 3.73. The summed E-state index contributed by atoms with van der Waals surface area (Å²) >= 11 is 0. The Morgan fingerprint density at radius 2 is 1.96 bits per heavy atom. The lowest BCUT2D eigenvalue weighted by molar-refractivity contribution is -0.124. The highest BCUT2D eigenvalue weighted by Gasteiger charge is 2.27. The Kier molecular flexibility index (Phi) is 4.99. The molecule has 2 heterocycles. The Morgan fingerprint density at radius 3 is 2.65 bits per heavy atom. The Hall–Kier alpha value is -1.44. The second-order valence-corrected chi connectivity index (χ2v) is 7.92. The maximum absolute atomic E-state index is 12.7. The van der Waals surface area contributed by atoms with Crippen molar-refractivity contribution in [1.29, 1.82) is 0 Å². The molecular weight excluding hydrogens is 316 g/mol. The molecule has 1 aromatic carbocycles. The van der Waals surface area contributed by atoms with E-state index < -0.39 is 16.1 Å². The van der Waals surface area contributed by atoms with Crippen LogP contribution in [0.2, 0.25) is 0 Å². The predicted octanol–water partition coefficient (Wildman–Crippen LogP) is 1.98. The summed E-state index contributed by atoms with van der Waals surface area (Å²) in [7, 11) is -3.49. The van der Waals surface area contributed by atoms with Gasteiger partial charge in [-0.25, -0.2) is 8.42 Å². The van der Waals surface area contributed by atoms with Gasteiger partial charge in [-0.2, -0.15) is 4.31 Å². The largest absolute Gasteiger partial charge is 0.368 e. The summed E-state index contributed by atoms with van der Waals surface area (Å²) in [6.07, 6.45) is 4.02. The molecule has 1 amide bonds. The van der Waals surface area contributed by atoms with Gasteiger partial charge in [-0.15, -0.1) is 0 Å². The molecule has 1 N–H and O–H groups in total. The van der Waals surface area contributed by atoms with Gasteiger partial charge in [0.05, 0.1) is 4.90 Å². The number of ether oxygens (including phenoxy) is 1. The lowest BCUT2D eigenvalue weighted by Crippen LogP contribution is -2.35. The van der Waals surface area contributed by atoms with E-state index in [2.05, 4.69) is 5.32 Å². The normalized spacial score (nSPS) is 22.9. The number of anilines is 1. The summed E-state index contributed by atoms with van der Waals surface area (Å²) < 4.78 is 32.2. The van der Waals surface area contributed by atoms with Crippen LogP contribution < -0.4 is 5.32 Å². The molecule has 1 aromatic rings. The maximum Gasteiger partial charge on any atom is 0.253 e. The van der Waals surface area contributed by atoms with Gasteiger partial charge in [-0.05, 0) is 43.9 Å². The number of hydrogen-bond donors (Lipinski definition) is 1. The lowest BCUT2D eigenvalue weighted by Gasteiger charge is -2.26. The number of rotatable bonds is 4.